The highest BCUT2D eigenvalue weighted by Crippen LogP contribution is 2.36. The van der Waals surface area contributed by atoms with E-state index in [2.05, 4.69) is 0 Å². The number of rotatable bonds is 4. The fourth-order valence-corrected chi connectivity index (χ4v) is 3.09. The number of hydrogen-bond donors (Lipinski definition) is 1. The minimum Gasteiger partial charge on any atom is -0.478 e. The van der Waals surface area contributed by atoms with Crippen LogP contribution in [0, 0.1) is 11.7 Å². The lowest BCUT2D eigenvalue weighted by Gasteiger charge is -2.32. The van der Waals surface area contributed by atoms with Gasteiger partial charge >= 0.3 is 5.97 Å². The molecule has 0 aromatic heterocycles. The Balaban J connectivity index is 1.88. The molecule has 1 aromatic rings. The molecule has 2 aliphatic rings. The van der Waals surface area contributed by atoms with Crippen molar-refractivity contribution in [3.8, 4) is 0 Å². The van der Waals surface area contributed by atoms with Crippen molar-refractivity contribution in [1.29, 1.82) is 0 Å². The second kappa shape index (κ2) is 5.68. The number of carbonyl (C=O) groups is 2. The molecule has 1 aromatic carbocycles. The SMILES string of the molecule is COC(C(=O)N1CCc2c(F)ccc(C(=O)O)c2C1)C1CC1. The Morgan fingerprint density at radius 3 is 2.68 bits per heavy atom. The van der Waals surface area contributed by atoms with Crippen LogP contribution >= 0.6 is 0 Å². The largest absolute Gasteiger partial charge is 0.478 e. The van der Waals surface area contributed by atoms with Crippen LogP contribution in [0.1, 0.15) is 34.3 Å². The van der Waals surface area contributed by atoms with Crippen molar-refractivity contribution in [2.75, 3.05) is 13.7 Å². The molecule has 5 nitrogen and oxygen atoms in total. The Kier molecular flexibility index (Phi) is 3.87. The number of nitrogens with zero attached hydrogens (tertiary/aromatic N) is 1. The molecule has 1 N–H and O–H groups in total. The summed E-state index contributed by atoms with van der Waals surface area (Å²) < 4.78 is 19.2. The highest BCUT2D eigenvalue weighted by molar-refractivity contribution is 5.90. The molecule has 0 radical (unpaired) electrons. The van der Waals surface area contributed by atoms with E-state index in [1.165, 1.54) is 19.2 Å². The van der Waals surface area contributed by atoms with Crippen molar-refractivity contribution in [3.63, 3.8) is 0 Å². The number of halogens is 1. The molecule has 118 valence electrons. The van der Waals surface area contributed by atoms with Crippen molar-refractivity contribution in [2.45, 2.75) is 31.9 Å². The standard InChI is InChI=1S/C16H18FNO4/c1-22-14(9-2-3-9)15(19)18-7-6-10-12(8-18)11(16(20)21)4-5-13(10)17/h4-5,9,14H,2-3,6-8H2,1H3,(H,20,21). The van der Waals surface area contributed by atoms with Gasteiger partial charge in [0.25, 0.3) is 5.91 Å². The molecular formula is C16H18FNO4. The average molecular weight is 307 g/mol. The molecule has 1 atom stereocenters. The number of aromatic carboxylic acids is 1. The van der Waals surface area contributed by atoms with Crippen molar-refractivity contribution in [2.24, 2.45) is 5.92 Å². The maximum absolute atomic E-state index is 13.9. The second-order valence-electron chi connectivity index (χ2n) is 5.86. The van der Waals surface area contributed by atoms with E-state index in [1.54, 1.807) is 4.90 Å². The molecular weight excluding hydrogens is 289 g/mol. The number of benzene rings is 1. The molecule has 0 bridgehead atoms. The van der Waals surface area contributed by atoms with Crippen molar-refractivity contribution >= 4 is 11.9 Å². The van der Waals surface area contributed by atoms with Crippen LogP contribution in [-0.2, 0) is 22.5 Å². The highest BCUT2D eigenvalue weighted by atomic mass is 19.1. The molecule has 0 saturated heterocycles. The first-order chi connectivity index (χ1) is 10.5. The zero-order chi connectivity index (χ0) is 15.9. The minimum absolute atomic E-state index is 0.0642. The lowest BCUT2D eigenvalue weighted by atomic mass is 9.93. The van der Waals surface area contributed by atoms with Gasteiger partial charge in [0.15, 0.2) is 0 Å². The van der Waals surface area contributed by atoms with Gasteiger partial charge < -0.3 is 14.7 Å². The smallest absolute Gasteiger partial charge is 0.336 e. The molecule has 1 aliphatic heterocycles. The summed E-state index contributed by atoms with van der Waals surface area (Å²) in [4.78, 5) is 25.4. The first kappa shape index (κ1) is 15.0. The van der Waals surface area contributed by atoms with E-state index in [0.29, 0.717) is 24.1 Å². The summed E-state index contributed by atoms with van der Waals surface area (Å²) in [6, 6.07) is 2.45. The first-order valence-electron chi connectivity index (χ1n) is 7.38. The molecule has 22 heavy (non-hydrogen) atoms. The molecule has 1 aliphatic carbocycles. The Labute approximate surface area is 127 Å². The third-order valence-corrected chi connectivity index (χ3v) is 4.44. The molecule has 1 amide bonds. The van der Waals surface area contributed by atoms with Crippen molar-refractivity contribution in [3.05, 3.63) is 34.6 Å². The molecule has 1 fully saturated rings. The number of carboxylic acids is 1. The van der Waals surface area contributed by atoms with Gasteiger partial charge in [-0.05, 0) is 48.4 Å². The summed E-state index contributed by atoms with van der Waals surface area (Å²) in [6.07, 6.45) is 1.81. The monoisotopic (exact) mass is 307 g/mol. The molecule has 6 heteroatoms. The summed E-state index contributed by atoms with van der Waals surface area (Å²) >= 11 is 0. The number of carboxylic acid groups (broad SMARTS) is 1. The molecule has 1 saturated carbocycles. The van der Waals surface area contributed by atoms with E-state index in [-0.39, 0.29) is 23.9 Å². The van der Waals surface area contributed by atoms with Gasteiger partial charge in [-0.15, -0.1) is 0 Å². The fourth-order valence-electron chi connectivity index (χ4n) is 3.09. The van der Waals surface area contributed by atoms with Gasteiger partial charge in [0, 0.05) is 20.2 Å². The topological polar surface area (TPSA) is 66.8 Å². The van der Waals surface area contributed by atoms with Gasteiger partial charge in [-0.1, -0.05) is 0 Å². The van der Waals surface area contributed by atoms with Crippen LogP contribution in [0.3, 0.4) is 0 Å². The summed E-state index contributed by atoms with van der Waals surface area (Å²) in [6.45, 7) is 0.512. The average Bonchev–Trinajstić information content (AvgIpc) is 3.32. The van der Waals surface area contributed by atoms with Gasteiger partial charge in [-0.2, -0.15) is 0 Å². The van der Waals surface area contributed by atoms with Crippen LogP contribution < -0.4 is 0 Å². The Morgan fingerprint density at radius 1 is 1.36 bits per heavy atom. The normalized spacial score (nSPS) is 18.7. The molecule has 3 rings (SSSR count). The Bertz CT molecular complexity index is 627. The summed E-state index contributed by atoms with van der Waals surface area (Å²) in [7, 11) is 1.52. The Morgan fingerprint density at radius 2 is 2.09 bits per heavy atom. The van der Waals surface area contributed by atoms with Gasteiger partial charge in [0.05, 0.1) is 5.56 Å². The third-order valence-electron chi connectivity index (χ3n) is 4.44. The highest BCUT2D eigenvalue weighted by Gasteiger charge is 2.39. The van der Waals surface area contributed by atoms with E-state index >= 15 is 0 Å². The Hall–Kier alpha value is -1.95. The van der Waals surface area contributed by atoms with Crippen LogP contribution in [-0.4, -0.2) is 41.6 Å². The van der Waals surface area contributed by atoms with Crippen LogP contribution in [0.25, 0.3) is 0 Å². The van der Waals surface area contributed by atoms with Crippen LogP contribution in [0.15, 0.2) is 12.1 Å². The molecule has 1 unspecified atom stereocenters. The maximum Gasteiger partial charge on any atom is 0.336 e. The fraction of sp³-hybridized carbons (Fsp3) is 0.500. The second-order valence-corrected chi connectivity index (χ2v) is 5.86. The number of amides is 1. The summed E-state index contributed by atoms with van der Waals surface area (Å²) in [5, 5.41) is 9.26. The number of fused-ring (bicyclic) bond motifs is 1. The molecule has 0 spiro atoms. The third kappa shape index (κ3) is 2.59. The van der Waals surface area contributed by atoms with E-state index in [1.807, 2.05) is 0 Å². The lowest BCUT2D eigenvalue weighted by Crippen LogP contribution is -2.44. The van der Waals surface area contributed by atoms with Crippen LogP contribution in [0.5, 0.6) is 0 Å². The maximum atomic E-state index is 13.9. The number of hydrogen-bond acceptors (Lipinski definition) is 3. The van der Waals surface area contributed by atoms with E-state index in [0.717, 1.165) is 12.8 Å². The lowest BCUT2D eigenvalue weighted by molar-refractivity contribution is -0.144. The van der Waals surface area contributed by atoms with Crippen molar-refractivity contribution in [1.82, 2.24) is 4.90 Å². The van der Waals surface area contributed by atoms with E-state index in [4.69, 9.17) is 4.74 Å². The van der Waals surface area contributed by atoms with Crippen LogP contribution in [0.4, 0.5) is 4.39 Å². The van der Waals surface area contributed by atoms with Gasteiger partial charge in [0.1, 0.15) is 11.9 Å². The van der Waals surface area contributed by atoms with Gasteiger partial charge in [0.2, 0.25) is 0 Å². The zero-order valence-corrected chi connectivity index (χ0v) is 12.3. The first-order valence-corrected chi connectivity index (χ1v) is 7.38. The quantitative estimate of drug-likeness (QED) is 0.921. The van der Waals surface area contributed by atoms with Gasteiger partial charge in [-0.3, -0.25) is 4.79 Å². The van der Waals surface area contributed by atoms with Crippen molar-refractivity contribution < 1.29 is 23.8 Å². The predicted molar refractivity (Wildman–Crippen MR) is 76.0 cm³/mol. The predicted octanol–water partition coefficient (Wildman–Crippen LogP) is 1.83. The summed E-state index contributed by atoms with van der Waals surface area (Å²) in [5.74, 6) is -1.38. The summed E-state index contributed by atoms with van der Waals surface area (Å²) in [5.41, 5.74) is 0.872. The molecule has 1 heterocycles. The number of methoxy groups -OCH3 is 1. The number of carbonyl (C=O) groups excluding carboxylic acids is 1. The van der Waals surface area contributed by atoms with Gasteiger partial charge in [-0.25, -0.2) is 9.18 Å². The zero-order valence-electron chi connectivity index (χ0n) is 12.3. The minimum atomic E-state index is -1.10. The van der Waals surface area contributed by atoms with E-state index in [9.17, 15) is 19.1 Å². The van der Waals surface area contributed by atoms with Crippen LogP contribution in [0.2, 0.25) is 0 Å². The van der Waals surface area contributed by atoms with E-state index < -0.39 is 17.9 Å². The number of ether oxygens (including phenoxy) is 1.